The second-order valence-corrected chi connectivity index (χ2v) is 6.84. The molecule has 1 fully saturated rings. The first-order chi connectivity index (χ1) is 12.3. The molecule has 5 nitrogen and oxygen atoms in total. The predicted octanol–water partition coefficient (Wildman–Crippen LogP) is 2.20. The van der Waals surface area contributed by atoms with Crippen molar-refractivity contribution in [3.8, 4) is 5.75 Å². The minimum absolute atomic E-state index is 0.819. The zero-order valence-electron chi connectivity index (χ0n) is 15.7. The maximum Gasteiger partial charge on any atom is 0.191 e. The van der Waals surface area contributed by atoms with Crippen LogP contribution in [0.15, 0.2) is 23.2 Å². The SMILES string of the molecule is CCNC(=NCCN(CC)C1CC1)NCCc1ccc2c(c1)CCO2. The van der Waals surface area contributed by atoms with Crippen molar-refractivity contribution in [2.75, 3.05) is 39.3 Å². The number of ether oxygens (including phenoxy) is 1. The van der Waals surface area contributed by atoms with Crippen LogP contribution in [-0.4, -0.2) is 56.2 Å². The van der Waals surface area contributed by atoms with Crippen LogP contribution in [0.25, 0.3) is 0 Å². The van der Waals surface area contributed by atoms with E-state index in [1.807, 2.05) is 0 Å². The fourth-order valence-electron chi connectivity index (χ4n) is 3.39. The van der Waals surface area contributed by atoms with Crippen molar-refractivity contribution < 1.29 is 4.74 Å². The number of rotatable bonds is 9. The van der Waals surface area contributed by atoms with E-state index >= 15 is 0 Å². The summed E-state index contributed by atoms with van der Waals surface area (Å²) in [7, 11) is 0. The molecule has 1 aromatic carbocycles. The number of likely N-dealkylation sites (N-methyl/N-ethyl adjacent to an activating group) is 1. The molecular weight excluding hydrogens is 312 g/mol. The molecular formula is C20H32N4O. The number of nitrogens with one attached hydrogen (secondary N) is 2. The van der Waals surface area contributed by atoms with Gasteiger partial charge in [-0.3, -0.25) is 9.89 Å². The van der Waals surface area contributed by atoms with Crippen LogP contribution in [0.1, 0.15) is 37.8 Å². The van der Waals surface area contributed by atoms with Crippen LogP contribution in [0.2, 0.25) is 0 Å². The minimum atomic E-state index is 0.819. The summed E-state index contributed by atoms with van der Waals surface area (Å²) in [5.74, 6) is 1.99. The highest BCUT2D eigenvalue weighted by molar-refractivity contribution is 5.79. The summed E-state index contributed by atoms with van der Waals surface area (Å²) in [6.07, 6.45) is 4.76. The molecule has 1 aromatic rings. The number of hydrogen-bond donors (Lipinski definition) is 2. The first-order valence-corrected chi connectivity index (χ1v) is 9.81. The van der Waals surface area contributed by atoms with Gasteiger partial charge in [0.25, 0.3) is 0 Å². The number of fused-ring (bicyclic) bond motifs is 1. The fourth-order valence-corrected chi connectivity index (χ4v) is 3.39. The van der Waals surface area contributed by atoms with Crippen LogP contribution in [0, 0.1) is 0 Å². The summed E-state index contributed by atoms with van der Waals surface area (Å²) in [4.78, 5) is 7.27. The predicted molar refractivity (Wildman–Crippen MR) is 104 cm³/mol. The van der Waals surface area contributed by atoms with Gasteiger partial charge in [0.1, 0.15) is 5.75 Å². The standard InChI is InChI=1S/C20H32N4O/c1-3-21-20(23-12-13-24(4-2)18-6-7-18)22-11-9-16-5-8-19-17(15-16)10-14-25-19/h5,8,15,18H,3-4,6-7,9-14H2,1-2H3,(H2,21,22,23). The molecule has 1 aliphatic heterocycles. The number of benzene rings is 1. The second-order valence-electron chi connectivity index (χ2n) is 6.84. The molecule has 138 valence electrons. The van der Waals surface area contributed by atoms with Crippen LogP contribution in [0.3, 0.4) is 0 Å². The molecule has 1 heterocycles. The van der Waals surface area contributed by atoms with E-state index in [4.69, 9.17) is 9.73 Å². The molecule has 0 unspecified atom stereocenters. The highest BCUT2D eigenvalue weighted by Crippen LogP contribution is 2.26. The molecule has 0 spiro atoms. The van der Waals surface area contributed by atoms with Gasteiger partial charge in [-0.15, -0.1) is 0 Å². The molecule has 3 rings (SSSR count). The first-order valence-electron chi connectivity index (χ1n) is 9.81. The summed E-state index contributed by atoms with van der Waals surface area (Å²) >= 11 is 0. The van der Waals surface area contributed by atoms with E-state index in [0.29, 0.717) is 0 Å². The molecule has 25 heavy (non-hydrogen) atoms. The topological polar surface area (TPSA) is 48.9 Å². The molecule has 2 N–H and O–H groups in total. The zero-order chi connectivity index (χ0) is 17.5. The van der Waals surface area contributed by atoms with Crippen molar-refractivity contribution in [1.29, 1.82) is 0 Å². The van der Waals surface area contributed by atoms with E-state index < -0.39 is 0 Å². The Morgan fingerprint density at radius 1 is 1.28 bits per heavy atom. The average Bonchev–Trinajstić information content (AvgIpc) is 3.35. The highest BCUT2D eigenvalue weighted by atomic mass is 16.5. The Kier molecular flexibility index (Phi) is 6.56. The number of nitrogens with zero attached hydrogens (tertiary/aromatic N) is 2. The molecule has 0 atom stereocenters. The third kappa shape index (κ3) is 5.36. The monoisotopic (exact) mass is 344 g/mol. The van der Waals surface area contributed by atoms with Crippen LogP contribution in [0.4, 0.5) is 0 Å². The van der Waals surface area contributed by atoms with Crippen molar-refractivity contribution in [1.82, 2.24) is 15.5 Å². The van der Waals surface area contributed by atoms with Crippen molar-refractivity contribution in [2.24, 2.45) is 4.99 Å². The molecule has 1 saturated carbocycles. The Morgan fingerprint density at radius 2 is 2.16 bits per heavy atom. The highest BCUT2D eigenvalue weighted by Gasteiger charge is 2.27. The molecule has 0 saturated heterocycles. The van der Waals surface area contributed by atoms with Gasteiger partial charge in [0.15, 0.2) is 5.96 Å². The number of hydrogen-bond acceptors (Lipinski definition) is 3. The molecule has 0 amide bonds. The number of guanidine groups is 1. The van der Waals surface area contributed by atoms with Gasteiger partial charge in [-0.1, -0.05) is 19.1 Å². The van der Waals surface area contributed by atoms with Crippen molar-refractivity contribution in [2.45, 2.75) is 45.6 Å². The Labute approximate surface area is 151 Å². The summed E-state index contributed by atoms with van der Waals surface area (Å²) in [5, 5.41) is 6.81. The molecule has 1 aliphatic carbocycles. The van der Waals surface area contributed by atoms with E-state index in [0.717, 1.165) is 69.9 Å². The van der Waals surface area contributed by atoms with Crippen LogP contribution in [-0.2, 0) is 12.8 Å². The Bertz CT molecular complexity index is 583. The van der Waals surface area contributed by atoms with Gasteiger partial charge < -0.3 is 15.4 Å². The smallest absolute Gasteiger partial charge is 0.191 e. The van der Waals surface area contributed by atoms with Crippen LogP contribution >= 0.6 is 0 Å². The molecule has 0 aromatic heterocycles. The van der Waals surface area contributed by atoms with Gasteiger partial charge in [-0.05, 0) is 49.9 Å². The molecule has 0 radical (unpaired) electrons. The third-order valence-electron chi connectivity index (χ3n) is 4.93. The van der Waals surface area contributed by atoms with E-state index in [9.17, 15) is 0 Å². The summed E-state index contributed by atoms with van der Waals surface area (Å²) < 4.78 is 5.57. The lowest BCUT2D eigenvalue weighted by atomic mass is 10.1. The van der Waals surface area contributed by atoms with Gasteiger partial charge in [0.2, 0.25) is 0 Å². The van der Waals surface area contributed by atoms with Crippen LogP contribution in [0.5, 0.6) is 5.75 Å². The first kappa shape index (κ1) is 18.1. The lowest BCUT2D eigenvalue weighted by molar-refractivity contribution is 0.286. The minimum Gasteiger partial charge on any atom is -0.493 e. The summed E-state index contributed by atoms with van der Waals surface area (Å²) in [6, 6.07) is 7.38. The maximum atomic E-state index is 5.57. The normalized spacial score (nSPS) is 16.7. The molecule has 5 heteroatoms. The molecule has 2 aliphatic rings. The van der Waals surface area contributed by atoms with E-state index in [1.54, 1.807) is 0 Å². The fraction of sp³-hybridized carbons (Fsp3) is 0.650. The molecule has 0 bridgehead atoms. The van der Waals surface area contributed by atoms with Gasteiger partial charge in [-0.2, -0.15) is 0 Å². The quantitative estimate of drug-likeness (QED) is 0.533. The lowest BCUT2D eigenvalue weighted by Gasteiger charge is -2.19. The summed E-state index contributed by atoms with van der Waals surface area (Å²) in [6.45, 7) is 10.0. The van der Waals surface area contributed by atoms with Gasteiger partial charge in [0.05, 0.1) is 13.2 Å². The van der Waals surface area contributed by atoms with Gasteiger partial charge in [0, 0.05) is 32.1 Å². The van der Waals surface area contributed by atoms with Crippen molar-refractivity contribution in [3.63, 3.8) is 0 Å². The summed E-state index contributed by atoms with van der Waals surface area (Å²) in [5.41, 5.74) is 2.70. The lowest BCUT2D eigenvalue weighted by Crippen LogP contribution is -2.39. The largest absolute Gasteiger partial charge is 0.493 e. The van der Waals surface area contributed by atoms with Crippen LogP contribution < -0.4 is 15.4 Å². The van der Waals surface area contributed by atoms with Crippen molar-refractivity contribution >= 4 is 5.96 Å². The average molecular weight is 345 g/mol. The number of aliphatic imine (C=N–C) groups is 1. The van der Waals surface area contributed by atoms with Gasteiger partial charge in [-0.25, -0.2) is 0 Å². The Hall–Kier alpha value is -1.75. The Balaban J connectivity index is 1.43. The van der Waals surface area contributed by atoms with Gasteiger partial charge >= 0.3 is 0 Å². The maximum absolute atomic E-state index is 5.57. The van der Waals surface area contributed by atoms with Crippen molar-refractivity contribution in [3.05, 3.63) is 29.3 Å². The van der Waals surface area contributed by atoms with E-state index in [1.165, 1.54) is 24.0 Å². The Morgan fingerprint density at radius 3 is 2.92 bits per heavy atom. The second kappa shape index (κ2) is 9.09. The van der Waals surface area contributed by atoms with E-state index in [2.05, 4.69) is 47.6 Å². The van der Waals surface area contributed by atoms with E-state index in [-0.39, 0.29) is 0 Å². The third-order valence-corrected chi connectivity index (χ3v) is 4.93. The zero-order valence-corrected chi connectivity index (χ0v) is 15.7.